The fraction of sp³-hybridized carbons (Fsp3) is 0.188. The van der Waals surface area contributed by atoms with E-state index in [-0.39, 0.29) is 17.7 Å². The molecule has 2 aromatic rings. The molecule has 2 N–H and O–H groups in total. The molecule has 0 spiro atoms. The number of nitrogens with two attached hydrogens (primary N) is 1. The number of hydrogen-bond donors (Lipinski definition) is 1. The standard InChI is InChI=1S/C16H15Cl2NO/c1-10(15(19)11-5-3-2-4-6-11)16(20)13-9-12(17)7-8-14(13)18/h2-10,15H,19H2,1H3. The molecule has 0 saturated carbocycles. The van der Waals surface area contributed by atoms with Crippen LogP contribution in [0.4, 0.5) is 0 Å². The van der Waals surface area contributed by atoms with Crippen LogP contribution in [0.5, 0.6) is 0 Å². The maximum atomic E-state index is 12.5. The molecule has 2 rings (SSSR count). The van der Waals surface area contributed by atoms with E-state index in [0.717, 1.165) is 5.56 Å². The van der Waals surface area contributed by atoms with Crippen molar-refractivity contribution in [2.45, 2.75) is 13.0 Å². The number of hydrogen-bond acceptors (Lipinski definition) is 2. The zero-order chi connectivity index (χ0) is 14.7. The highest BCUT2D eigenvalue weighted by Crippen LogP contribution is 2.28. The summed E-state index contributed by atoms with van der Waals surface area (Å²) in [5.41, 5.74) is 7.51. The fourth-order valence-electron chi connectivity index (χ4n) is 2.06. The molecule has 2 aromatic carbocycles. The molecular weight excluding hydrogens is 293 g/mol. The van der Waals surface area contributed by atoms with Crippen LogP contribution in [-0.4, -0.2) is 5.78 Å². The number of rotatable bonds is 4. The average molecular weight is 308 g/mol. The minimum Gasteiger partial charge on any atom is -0.323 e. The van der Waals surface area contributed by atoms with Gasteiger partial charge in [0, 0.05) is 22.5 Å². The number of Topliss-reactive ketones (excluding diaryl/α,β-unsaturated/α-hetero) is 1. The van der Waals surface area contributed by atoms with Gasteiger partial charge < -0.3 is 5.73 Å². The molecule has 0 radical (unpaired) electrons. The minimum atomic E-state index is -0.381. The highest BCUT2D eigenvalue weighted by Gasteiger charge is 2.24. The van der Waals surface area contributed by atoms with Crippen molar-refractivity contribution in [2.75, 3.05) is 0 Å². The normalized spacial score (nSPS) is 13.8. The van der Waals surface area contributed by atoms with Crippen LogP contribution in [-0.2, 0) is 0 Å². The molecular formula is C16H15Cl2NO. The second-order valence-electron chi connectivity index (χ2n) is 4.71. The molecule has 0 aliphatic rings. The van der Waals surface area contributed by atoms with E-state index < -0.39 is 0 Å². The van der Waals surface area contributed by atoms with E-state index in [0.29, 0.717) is 15.6 Å². The second-order valence-corrected chi connectivity index (χ2v) is 5.56. The van der Waals surface area contributed by atoms with Gasteiger partial charge in [-0.25, -0.2) is 0 Å². The van der Waals surface area contributed by atoms with Gasteiger partial charge in [0.05, 0.1) is 5.02 Å². The lowest BCUT2D eigenvalue weighted by molar-refractivity contribution is 0.0913. The molecule has 2 nitrogen and oxygen atoms in total. The van der Waals surface area contributed by atoms with Crippen LogP contribution >= 0.6 is 23.2 Å². The quantitative estimate of drug-likeness (QED) is 0.844. The van der Waals surface area contributed by atoms with E-state index in [4.69, 9.17) is 28.9 Å². The molecule has 2 unspecified atom stereocenters. The van der Waals surface area contributed by atoms with E-state index in [2.05, 4.69) is 0 Å². The summed E-state index contributed by atoms with van der Waals surface area (Å²) in [6.07, 6.45) is 0. The van der Waals surface area contributed by atoms with E-state index in [1.54, 1.807) is 25.1 Å². The van der Waals surface area contributed by atoms with Gasteiger partial charge in [-0.05, 0) is 23.8 Å². The molecule has 104 valence electrons. The van der Waals surface area contributed by atoms with E-state index >= 15 is 0 Å². The van der Waals surface area contributed by atoms with Crippen LogP contribution in [0.1, 0.15) is 28.9 Å². The zero-order valence-electron chi connectivity index (χ0n) is 11.0. The molecule has 0 amide bonds. The first-order valence-corrected chi connectivity index (χ1v) is 7.06. The Morgan fingerprint density at radius 3 is 2.40 bits per heavy atom. The van der Waals surface area contributed by atoms with Crippen molar-refractivity contribution >= 4 is 29.0 Å². The fourth-order valence-corrected chi connectivity index (χ4v) is 2.44. The first kappa shape index (κ1) is 15.0. The van der Waals surface area contributed by atoms with Gasteiger partial charge >= 0.3 is 0 Å². The summed E-state index contributed by atoms with van der Waals surface area (Å²) >= 11 is 12.0. The maximum Gasteiger partial charge on any atom is 0.169 e. The van der Waals surface area contributed by atoms with E-state index in [1.807, 2.05) is 30.3 Å². The monoisotopic (exact) mass is 307 g/mol. The maximum absolute atomic E-state index is 12.5. The number of halogens is 2. The SMILES string of the molecule is CC(C(=O)c1cc(Cl)ccc1Cl)C(N)c1ccccc1. The molecule has 2 atom stereocenters. The molecule has 0 saturated heterocycles. The number of carbonyl (C=O) groups is 1. The predicted molar refractivity (Wildman–Crippen MR) is 83.3 cm³/mol. The van der Waals surface area contributed by atoms with Crippen molar-refractivity contribution in [3.05, 3.63) is 69.7 Å². The summed E-state index contributed by atoms with van der Waals surface area (Å²) in [5.74, 6) is -0.484. The summed E-state index contributed by atoms with van der Waals surface area (Å²) in [6, 6.07) is 14.0. The Kier molecular flexibility index (Phi) is 4.81. The number of ketones is 1. The number of benzene rings is 2. The van der Waals surface area contributed by atoms with Crippen LogP contribution in [0.15, 0.2) is 48.5 Å². The van der Waals surface area contributed by atoms with Crippen molar-refractivity contribution in [1.82, 2.24) is 0 Å². The van der Waals surface area contributed by atoms with E-state index in [1.165, 1.54) is 0 Å². The Hall–Kier alpha value is -1.35. The largest absolute Gasteiger partial charge is 0.323 e. The third kappa shape index (κ3) is 3.21. The van der Waals surface area contributed by atoms with Crippen molar-refractivity contribution in [1.29, 1.82) is 0 Å². The topological polar surface area (TPSA) is 43.1 Å². The lowest BCUT2D eigenvalue weighted by Crippen LogP contribution is -2.26. The predicted octanol–water partition coefficient (Wildman–Crippen LogP) is 4.51. The first-order chi connectivity index (χ1) is 9.50. The van der Waals surface area contributed by atoms with Gasteiger partial charge in [0.2, 0.25) is 0 Å². The number of carbonyl (C=O) groups excluding carboxylic acids is 1. The Morgan fingerprint density at radius 2 is 1.75 bits per heavy atom. The zero-order valence-corrected chi connectivity index (χ0v) is 12.5. The van der Waals surface area contributed by atoms with Crippen LogP contribution < -0.4 is 5.73 Å². The second kappa shape index (κ2) is 6.40. The van der Waals surface area contributed by atoms with Gasteiger partial charge in [-0.2, -0.15) is 0 Å². The Morgan fingerprint density at radius 1 is 1.10 bits per heavy atom. The van der Waals surface area contributed by atoms with Crippen molar-refractivity contribution in [3.8, 4) is 0 Å². The van der Waals surface area contributed by atoms with Crippen molar-refractivity contribution < 1.29 is 4.79 Å². The minimum absolute atomic E-state index is 0.103. The Balaban J connectivity index is 2.27. The van der Waals surface area contributed by atoms with Crippen LogP contribution in [0.3, 0.4) is 0 Å². The molecule has 0 aliphatic carbocycles. The van der Waals surface area contributed by atoms with Crippen molar-refractivity contribution in [3.63, 3.8) is 0 Å². The summed E-state index contributed by atoms with van der Waals surface area (Å²) < 4.78 is 0. The summed E-state index contributed by atoms with van der Waals surface area (Å²) in [6.45, 7) is 1.80. The highest BCUT2D eigenvalue weighted by atomic mass is 35.5. The third-order valence-corrected chi connectivity index (χ3v) is 3.90. The van der Waals surface area contributed by atoms with Gasteiger partial charge in [-0.1, -0.05) is 60.5 Å². The molecule has 0 aliphatic heterocycles. The van der Waals surface area contributed by atoms with Gasteiger partial charge in [0.15, 0.2) is 5.78 Å². The summed E-state index contributed by atoms with van der Waals surface area (Å²) in [7, 11) is 0. The lowest BCUT2D eigenvalue weighted by atomic mass is 9.89. The molecule has 0 bridgehead atoms. The van der Waals surface area contributed by atoms with Gasteiger partial charge in [-0.15, -0.1) is 0 Å². The van der Waals surface area contributed by atoms with Gasteiger partial charge in [-0.3, -0.25) is 4.79 Å². The van der Waals surface area contributed by atoms with Crippen molar-refractivity contribution in [2.24, 2.45) is 11.7 Å². The summed E-state index contributed by atoms with van der Waals surface area (Å²) in [4.78, 5) is 12.5. The first-order valence-electron chi connectivity index (χ1n) is 6.30. The van der Waals surface area contributed by atoms with Crippen LogP contribution in [0.25, 0.3) is 0 Å². The van der Waals surface area contributed by atoms with Gasteiger partial charge in [0.1, 0.15) is 0 Å². The summed E-state index contributed by atoms with van der Waals surface area (Å²) in [5, 5.41) is 0.879. The Bertz CT molecular complexity index is 613. The molecule has 20 heavy (non-hydrogen) atoms. The third-order valence-electron chi connectivity index (χ3n) is 3.33. The Labute approximate surface area is 128 Å². The van der Waals surface area contributed by atoms with Gasteiger partial charge in [0.25, 0.3) is 0 Å². The molecule has 4 heteroatoms. The average Bonchev–Trinajstić information content (AvgIpc) is 2.48. The van der Waals surface area contributed by atoms with Crippen LogP contribution in [0.2, 0.25) is 10.0 Å². The lowest BCUT2D eigenvalue weighted by Gasteiger charge is -2.19. The van der Waals surface area contributed by atoms with Crippen LogP contribution in [0, 0.1) is 5.92 Å². The molecule has 0 aromatic heterocycles. The highest BCUT2D eigenvalue weighted by molar-refractivity contribution is 6.36. The van der Waals surface area contributed by atoms with E-state index in [9.17, 15) is 4.79 Å². The molecule has 0 heterocycles. The molecule has 0 fully saturated rings. The smallest absolute Gasteiger partial charge is 0.169 e.